The molecule has 1 unspecified atom stereocenters. The van der Waals surface area contributed by atoms with E-state index in [2.05, 4.69) is 61.8 Å². The first-order chi connectivity index (χ1) is 9.81. The number of hydrogen-bond donors (Lipinski definition) is 0. The van der Waals surface area contributed by atoms with E-state index in [-0.39, 0.29) is 15.7 Å². The quantitative estimate of drug-likeness (QED) is 0.597. The lowest BCUT2D eigenvalue weighted by atomic mass is 9.63. The van der Waals surface area contributed by atoms with Crippen LogP contribution in [0.15, 0.2) is 41.0 Å². The minimum absolute atomic E-state index is 0.124. The molecule has 1 heterocycles. The molecule has 1 nitrogen and oxygen atoms in total. The summed E-state index contributed by atoms with van der Waals surface area (Å²) in [6, 6.07) is 10.9. The van der Waals surface area contributed by atoms with Gasteiger partial charge in [0.1, 0.15) is 5.76 Å². The smallest absolute Gasteiger partial charge is 0.121 e. The van der Waals surface area contributed by atoms with Gasteiger partial charge in [0.15, 0.2) is 0 Å². The summed E-state index contributed by atoms with van der Waals surface area (Å²) in [5, 5.41) is 0. The van der Waals surface area contributed by atoms with Crippen molar-refractivity contribution >= 4 is 15.9 Å². The van der Waals surface area contributed by atoms with Crippen molar-refractivity contribution in [1.29, 1.82) is 0 Å². The molecule has 21 heavy (non-hydrogen) atoms. The first-order valence-corrected chi connectivity index (χ1v) is 8.55. The topological polar surface area (TPSA) is 13.1 Å². The molecule has 0 saturated heterocycles. The molecule has 0 fully saturated rings. The maximum atomic E-state index is 5.54. The summed E-state index contributed by atoms with van der Waals surface area (Å²) in [7, 11) is 0. The maximum absolute atomic E-state index is 5.54. The van der Waals surface area contributed by atoms with Gasteiger partial charge in [-0.2, -0.15) is 0 Å². The average molecular weight is 347 g/mol. The molecule has 1 aliphatic rings. The number of benzene rings is 1. The van der Waals surface area contributed by atoms with Crippen LogP contribution in [0, 0.1) is 0 Å². The summed E-state index contributed by atoms with van der Waals surface area (Å²) in [6.07, 6.45) is 4.22. The van der Waals surface area contributed by atoms with Crippen molar-refractivity contribution in [3.63, 3.8) is 0 Å². The lowest BCUT2D eigenvalue weighted by Gasteiger charge is -2.42. The van der Waals surface area contributed by atoms with Crippen LogP contribution in [-0.4, -0.2) is 0 Å². The van der Waals surface area contributed by atoms with E-state index in [4.69, 9.17) is 4.42 Å². The van der Waals surface area contributed by atoms with Gasteiger partial charge in [0, 0.05) is 0 Å². The molecule has 0 aliphatic heterocycles. The van der Waals surface area contributed by atoms with Crippen LogP contribution in [0.2, 0.25) is 0 Å². The molecule has 1 aromatic carbocycles. The number of rotatable bonds is 2. The van der Waals surface area contributed by atoms with Crippen molar-refractivity contribution in [2.24, 2.45) is 0 Å². The molecular formula is C19H23BrO. The van der Waals surface area contributed by atoms with E-state index in [1.807, 2.05) is 12.1 Å². The lowest BCUT2D eigenvalue weighted by Crippen LogP contribution is -2.33. The van der Waals surface area contributed by atoms with Crippen molar-refractivity contribution in [2.45, 2.75) is 56.2 Å². The Morgan fingerprint density at radius 1 is 1.00 bits per heavy atom. The Kier molecular flexibility index (Phi) is 3.56. The molecule has 1 atom stereocenters. The highest BCUT2D eigenvalue weighted by molar-refractivity contribution is 9.09. The fourth-order valence-electron chi connectivity index (χ4n) is 3.36. The monoisotopic (exact) mass is 346 g/mol. The van der Waals surface area contributed by atoms with E-state index in [9.17, 15) is 0 Å². The number of alkyl halides is 1. The van der Waals surface area contributed by atoms with E-state index >= 15 is 0 Å². The molecular weight excluding hydrogens is 324 g/mol. The Hall–Kier alpha value is -1.02. The van der Waals surface area contributed by atoms with Gasteiger partial charge in [0.25, 0.3) is 0 Å². The SMILES string of the molecule is CC1(C)CCC(C)(C)c2cc(C(Br)c3ccco3)ccc21. The van der Waals surface area contributed by atoms with Crippen LogP contribution in [0.4, 0.5) is 0 Å². The van der Waals surface area contributed by atoms with Gasteiger partial charge >= 0.3 is 0 Å². The highest BCUT2D eigenvalue weighted by Crippen LogP contribution is 2.47. The van der Waals surface area contributed by atoms with Crippen molar-refractivity contribution in [3.05, 3.63) is 59.0 Å². The van der Waals surface area contributed by atoms with Gasteiger partial charge in [-0.25, -0.2) is 0 Å². The second-order valence-corrected chi connectivity index (χ2v) is 8.37. The second kappa shape index (κ2) is 5.01. The molecule has 0 N–H and O–H groups in total. The Labute approximate surface area is 135 Å². The van der Waals surface area contributed by atoms with E-state index in [1.165, 1.54) is 29.5 Å². The fourth-order valence-corrected chi connectivity index (χ4v) is 3.91. The Morgan fingerprint density at radius 3 is 2.29 bits per heavy atom. The van der Waals surface area contributed by atoms with E-state index in [1.54, 1.807) is 6.26 Å². The third-order valence-corrected chi connectivity index (χ3v) is 5.94. The first kappa shape index (κ1) is 14.9. The van der Waals surface area contributed by atoms with Crippen LogP contribution in [0.25, 0.3) is 0 Å². The van der Waals surface area contributed by atoms with Crippen molar-refractivity contribution in [2.75, 3.05) is 0 Å². The summed E-state index contributed by atoms with van der Waals surface area (Å²) in [5.74, 6) is 0.961. The summed E-state index contributed by atoms with van der Waals surface area (Å²) in [4.78, 5) is 0.124. The Bertz CT molecular complexity index is 638. The van der Waals surface area contributed by atoms with Crippen LogP contribution in [0.5, 0.6) is 0 Å². The van der Waals surface area contributed by atoms with Crippen molar-refractivity contribution in [1.82, 2.24) is 0 Å². The molecule has 2 heteroatoms. The predicted molar refractivity (Wildman–Crippen MR) is 91.2 cm³/mol. The van der Waals surface area contributed by atoms with E-state index < -0.39 is 0 Å². The molecule has 1 aromatic heterocycles. The van der Waals surface area contributed by atoms with Crippen LogP contribution < -0.4 is 0 Å². The molecule has 0 amide bonds. The van der Waals surface area contributed by atoms with Gasteiger partial charge in [-0.05, 0) is 52.5 Å². The van der Waals surface area contributed by atoms with Gasteiger partial charge < -0.3 is 4.42 Å². The van der Waals surface area contributed by atoms with Crippen LogP contribution >= 0.6 is 15.9 Å². The number of furan rings is 1. The summed E-state index contributed by atoms with van der Waals surface area (Å²) in [5.41, 5.74) is 4.79. The number of halogens is 1. The predicted octanol–water partition coefficient (Wildman–Crippen LogP) is 6.11. The average Bonchev–Trinajstić information content (AvgIpc) is 2.97. The highest BCUT2D eigenvalue weighted by Gasteiger charge is 2.37. The largest absolute Gasteiger partial charge is 0.468 e. The number of hydrogen-bond acceptors (Lipinski definition) is 1. The lowest BCUT2D eigenvalue weighted by molar-refractivity contribution is 0.331. The van der Waals surface area contributed by atoms with Crippen molar-refractivity contribution in [3.8, 4) is 0 Å². The highest BCUT2D eigenvalue weighted by atomic mass is 79.9. The molecule has 1 aliphatic carbocycles. The normalized spacial score (nSPS) is 20.8. The zero-order chi connectivity index (χ0) is 15.3. The van der Waals surface area contributed by atoms with Gasteiger partial charge in [-0.3, -0.25) is 0 Å². The molecule has 0 saturated carbocycles. The summed E-state index contributed by atoms with van der Waals surface area (Å²) in [6.45, 7) is 9.44. The van der Waals surface area contributed by atoms with Crippen molar-refractivity contribution < 1.29 is 4.42 Å². The minimum Gasteiger partial charge on any atom is -0.468 e. The molecule has 3 rings (SSSR count). The van der Waals surface area contributed by atoms with Crippen LogP contribution in [0.1, 0.15) is 67.8 Å². The van der Waals surface area contributed by atoms with E-state index in [0.717, 1.165) is 5.76 Å². The summed E-state index contributed by atoms with van der Waals surface area (Å²) < 4.78 is 5.54. The number of fused-ring (bicyclic) bond motifs is 1. The molecule has 0 radical (unpaired) electrons. The minimum atomic E-state index is 0.124. The molecule has 2 aromatic rings. The Morgan fingerprint density at radius 2 is 1.67 bits per heavy atom. The fraction of sp³-hybridized carbons (Fsp3) is 0.474. The van der Waals surface area contributed by atoms with Gasteiger partial charge in [0.05, 0.1) is 11.1 Å². The molecule has 112 valence electrons. The third kappa shape index (κ3) is 2.59. The van der Waals surface area contributed by atoms with Crippen LogP contribution in [0.3, 0.4) is 0 Å². The van der Waals surface area contributed by atoms with E-state index in [0.29, 0.717) is 0 Å². The standard InChI is InChI=1S/C19H23BrO/c1-18(2)9-10-19(3,4)15-12-13(7-8-14(15)18)17(20)16-6-5-11-21-16/h5-8,11-12,17H,9-10H2,1-4H3. The second-order valence-electron chi connectivity index (χ2n) is 7.45. The Balaban J connectivity index is 2.08. The van der Waals surface area contributed by atoms with Gasteiger partial charge in [-0.1, -0.05) is 61.8 Å². The zero-order valence-corrected chi connectivity index (χ0v) is 14.8. The molecule has 0 spiro atoms. The van der Waals surface area contributed by atoms with Gasteiger partial charge in [-0.15, -0.1) is 0 Å². The third-order valence-electron chi connectivity index (χ3n) is 4.96. The summed E-state index contributed by atoms with van der Waals surface area (Å²) >= 11 is 3.77. The molecule has 0 bridgehead atoms. The zero-order valence-electron chi connectivity index (χ0n) is 13.2. The first-order valence-electron chi connectivity index (χ1n) is 7.64. The van der Waals surface area contributed by atoms with Gasteiger partial charge in [0.2, 0.25) is 0 Å². The maximum Gasteiger partial charge on any atom is 0.121 e. The van der Waals surface area contributed by atoms with Crippen LogP contribution in [-0.2, 0) is 10.8 Å².